The van der Waals surface area contributed by atoms with Gasteiger partial charge in [-0.05, 0) is 24.6 Å². The van der Waals surface area contributed by atoms with Crippen molar-refractivity contribution >= 4 is 29.2 Å². The van der Waals surface area contributed by atoms with Crippen LogP contribution in [0, 0.1) is 6.92 Å². The Balaban J connectivity index is 2.28. The van der Waals surface area contributed by atoms with Gasteiger partial charge in [-0.25, -0.2) is 0 Å². The van der Waals surface area contributed by atoms with Gasteiger partial charge in [0, 0.05) is 18.7 Å². The molecular weight excluding hydrogens is 312 g/mol. The number of carbonyl (C=O) groups is 3. The van der Waals surface area contributed by atoms with E-state index in [-0.39, 0.29) is 22.9 Å². The van der Waals surface area contributed by atoms with E-state index < -0.39 is 17.4 Å². The zero-order valence-corrected chi connectivity index (χ0v) is 13.0. The Morgan fingerprint density at radius 2 is 1.92 bits per heavy atom. The van der Waals surface area contributed by atoms with Crippen molar-refractivity contribution in [3.8, 4) is 5.69 Å². The van der Waals surface area contributed by atoms with Gasteiger partial charge in [0.2, 0.25) is 5.91 Å². The molecule has 8 heteroatoms. The summed E-state index contributed by atoms with van der Waals surface area (Å²) in [6, 6.07) is 6.05. The van der Waals surface area contributed by atoms with Crippen molar-refractivity contribution in [2.24, 2.45) is 0 Å². The molecule has 4 N–H and O–H groups in total. The lowest BCUT2D eigenvalue weighted by atomic mass is 10.1. The zero-order valence-electron chi connectivity index (χ0n) is 13.0. The molecule has 0 aliphatic carbocycles. The fraction of sp³-hybridized carbons (Fsp3) is 0.125. The van der Waals surface area contributed by atoms with Crippen LogP contribution in [-0.4, -0.2) is 22.3 Å². The van der Waals surface area contributed by atoms with Gasteiger partial charge in [0.25, 0.3) is 17.4 Å². The topological polar surface area (TPSA) is 123 Å². The van der Waals surface area contributed by atoms with Crippen molar-refractivity contribution in [2.45, 2.75) is 13.8 Å². The minimum Gasteiger partial charge on any atom is -0.384 e. The predicted octanol–water partition coefficient (Wildman–Crippen LogP) is 0.570. The number of benzene rings is 1. The normalized spacial score (nSPS) is 12.8. The van der Waals surface area contributed by atoms with Crippen molar-refractivity contribution in [1.82, 2.24) is 9.88 Å². The van der Waals surface area contributed by atoms with Crippen LogP contribution < -0.4 is 21.9 Å². The first-order valence-electron chi connectivity index (χ1n) is 7.10. The van der Waals surface area contributed by atoms with Crippen LogP contribution in [0.2, 0.25) is 0 Å². The maximum atomic E-state index is 12.4. The van der Waals surface area contributed by atoms with Crippen LogP contribution in [0.15, 0.2) is 29.1 Å². The highest BCUT2D eigenvalue weighted by Gasteiger charge is 2.32. The van der Waals surface area contributed by atoms with E-state index in [1.165, 1.54) is 6.92 Å². The number of amides is 3. The molecule has 1 aromatic carbocycles. The fourth-order valence-electron chi connectivity index (χ4n) is 2.72. The van der Waals surface area contributed by atoms with Gasteiger partial charge in [0.05, 0.1) is 16.8 Å². The van der Waals surface area contributed by atoms with E-state index in [1.54, 1.807) is 25.1 Å². The Bertz CT molecular complexity index is 975. The summed E-state index contributed by atoms with van der Waals surface area (Å²) in [7, 11) is 0. The molecule has 0 saturated heterocycles. The maximum absolute atomic E-state index is 12.4. The van der Waals surface area contributed by atoms with Crippen LogP contribution in [0.4, 0.5) is 11.5 Å². The number of carbonyl (C=O) groups excluding carboxylic acids is 3. The summed E-state index contributed by atoms with van der Waals surface area (Å²) in [6.07, 6.45) is 0. The Morgan fingerprint density at radius 3 is 2.58 bits per heavy atom. The molecule has 3 rings (SSSR count). The number of hydrogen-bond acceptors (Lipinski definition) is 5. The standard InChI is InChI=1S/C16H14N4O4/c1-7-10(18-8(2)21)4-3-5-11(7)20-12(22)6-9-13(14(20)17)16(24)19-15(9)23/h3-6H,17H2,1-2H3,(H,18,21)(H,19,23,24). The van der Waals surface area contributed by atoms with Crippen molar-refractivity contribution in [2.75, 3.05) is 11.1 Å². The first-order chi connectivity index (χ1) is 11.3. The molecule has 0 saturated carbocycles. The summed E-state index contributed by atoms with van der Waals surface area (Å²) >= 11 is 0. The molecule has 24 heavy (non-hydrogen) atoms. The number of nitrogens with zero attached hydrogens (tertiary/aromatic N) is 1. The SMILES string of the molecule is CC(=O)Nc1cccc(-n2c(N)c3c(cc2=O)C(=O)NC3=O)c1C. The number of hydrogen-bond donors (Lipinski definition) is 3. The number of anilines is 2. The van der Waals surface area contributed by atoms with E-state index in [1.807, 2.05) is 0 Å². The van der Waals surface area contributed by atoms with Crippen LogP contribution >= 0.6 is 0 Å². The van der Waals surface area contributed by atoms with Gasteiger partial charge < -0.3 is 11.1 Å². The first-order valence-corrected chi connectivity index (χ1v) is 7.10. The first kappa shape index (κ1) is 15.5. The molecule has 2 aromatic rings. The molecule has 0 fully saturated rings. The van der Waals surface area contributed by atoms with Crippen LogP contribution in [0.5, 0.6) is 0 Å². The van der Waals surface area contributed by atoms with Crippen molar-refractivity contribution < 1.29 is 14.4 Å². The second-order valence-corrected chi connectivity index (χ2v) is 5.41. The van der Waals surface area contributed by atoms with Crippen molar-refractivity contribution in [3.05, 3.63) is 51.3 Å². The van der Waals surface area contributed by atoms with E-state index in [0.717, 1.165) is 10.6 Å². The number of fused-ring (bicyclic) bond motifs is 1. The Morgan fingerprint density at radius 1 is 1.21 bits per heavy atom. The molecule has 1 aliphatic heterocycles. The summed E-state index contributed by atoms with van der Waals surface area (Å²) in [5.74, 6) is -1.66. The van der Waals surface area contributed by atoms with Crippen molar-refractivity contribution in [3.63, 3.8) is 0 Å². The highest BCUT2D eigenvalue weighted by molar-refractivity contribution is 6.23. The number of nitrogens with two attached hydrogens (primary N) is 1. The number of rotatable bonds is 2. The third-order valence-corrected chi connectivity index (χ3v) is 3.81. The number of pyridine rings is 1. The monoisotopic (exact) mass is 326 g/mol. The summed E-state index contributed by atoms with van der Waals surface area (Å²) in [4.78, 5) is 47.3. The smallest absolute Gasteiger partial charge is 0.262 e. The molecule has 0 unspecified atom stereocenters. The molecule has 0 spiro atoms. The van der Waals surface area contributed by atoms with E-state index >= 15 is 0 Å². The maximum Gasteiger partial charge on any atom is 0.262 e. The lowest BCUT2D eigenvalue weighted by Crippen LogP contribution is -2.25. The largest absolute Gasteiger partial charge is 0.384 e. The van der Waals surface area contributed by atoms with Gasteiger partial charge in [-0.1, -0.05) is 6.07 Å². The minimum atomic E-state index is -0.644. The summed E-state index contributed by atoms with van der Waals surface area (Å²) < 4.78 is 1.15. The minimum absolute atomic E-state index is 0.0241. The Labute approximate surface area is 136 Å². The van der Waals surface area contributed by atoms with Crippen LogP contribution in [0.25, 0.3) is 5.69 Å². The van der Waals surface area contributed by atoms with Gasteiger partial charge >= 0.3 is 0 Å². The third-order valence-electron chi connectivity index (χ3n) is 3.81. The third kappa shape index (κ3) is 2.24. The van der Waals surface area contributed by atoms with Gasteiger partial charge in [-0.2, -0.15) is 0 Å². The zero-order chi connectivity index (χ0) is 17.6. The van der Waals surface area contributed by atoms with Gasteiger partial charge in [0.15, 0.2) is 0 Å². The molecule has 0 atom stereocenters. The quantitative estimate of drug-likeness (QED) is 0.696. The number of imide groups is 1. The average Bonchev–Trinajstić information content (AvgIpc) is 2.77. The highest BCUT2D eigenvalue weighted by Crippen LogP contribution is 2.27. The summed E-state index contributed by atoms with van der Waals surface area (Å²) in [5, 5.41) is 4.78. The highest BCUT2D eigenvalue weighted by atomic mass is 16.2. The average molecular weight is 326 g/mol. The molecular formula is C16H14N4O4. The van der Waals surface area contributed by atoms with Crippen LogP contribution in [0.3, 0.4) is 0 Å². The molecule has 2 heterocycles. The van der Waals surface area contributed by atoms with Gasteiger partial charge in [0.1, 0.15) is 5.82 Å². The molecule has 0 bridgehead atoms. The van der Waals surface area contributed by atoms with E-state index in [4.69, 9.17) is 5.73 Å². The molecule has 1 aliphatic rings. The molecule has 1 aromatic heterocycles. The summed E-state index contributed by atoms with van der Waals surface area (Å²) in [5.41, 5.74) is 6.94. The van der Waals surface area contributed by atoms with Gasteiger partial charge in [-0.15, -0.1) is 0 Å². The van der Waals surface area contributed by atoms with Crippen LogP contribution in [0.1, 0.15) is 33.2 Å². The number of nitrogen functional groups attached to an aromatic ring is 1. The summed E-state index contributed by atoms with van der Waals surface area (Å²) in [6.45, 7) is 3.09. The van der Waals surface area contributed by atoms with E-state index in [2.05, 4.69) is 10.6 Å². The lowest BCUT2D eigenvalue weighted by Gasteiger charge is -2.16. The molecule has 8 nitrogen and oxygen atoms in total. The lowest BCUT2D eigenvalue weighted by molar-refractivity contribution is -0.114. The van der Waals surface area contributed by atoms with Crippen molar-refractivity contribution in [1.29, 1.82) is 0 Å². The predicted molar refractivity (Wildman–Crippen MR) is 87.3 cm³/mol. The number of nitrogens with one attached hydrogen (secondary N) is 2. The van der Waals surface area contributed by atoms with E-state index in [0.29, 0.717) is 16.9 Å². The fourth-order valence-corrected chi connectivity index (χ4v) is 2.72. The number of aromatic nitrogens is 1. The van der Waals surface area contributed by atoms with E-state index in [9.17, 15) is 19.2 Å². The Kier molecular flexibility index (Phi) is 3.44. The second kappa shape index (κ2) is 5.34. The Hall–Kier alpha value is -3.42. The molecule has 0 radical (unpaired) electrons. The van der Waals surface area contributed by atoms with Gasteiger partial charge in [-0.3, -0.25) is 29.1 Å². The van der Waals surface area contributed by atoms with Crippen LogP contribution in [-0.2, 0) is 4.79 Å². The second-order valence-electron chi connectivity index (χ2n) is 5.41. The molecule has 122 valence electrons. The molecule has 3 amide bonds.